The van der Waals surface area contributed by atoms with Gasteiger partial charge in [-0.3, -0.25) is 0 Å². The fourth-order valence-corrected chi connectivity index (χ4v) is 2.96. The number of allylic oxidation sites excluding steroid dienone is 2. The molecule has 2 rings (SSSR count). The normalized spacial score (nSPS) is 31.0. The van der Waals surface area contributed by atoms with Crippen LogP contribution < -0.4 is 4.72 Å². The second-order valence-electron chi connectivity index (χ2n) is 4.66. The van der Waals surface area contributed by atoms with E-state index in [9.17, 15) is 0 Å². The summed E-state index contributed by atoms with van der Waals surface area (Å²) in [4.78, 5) is 0. The first kappa shape index (κ1) is 12.2. The standard InChI is InChI=1S/C13H22N2S/c1-2-4-8-12(9-5-3-1)13-10-6-7-11-14-16-15-13/h8,14H,1-7,9-11H2/b12-8+,15-13-. The first-order valence-corrected chi connectivity index (χ1v) is 7.39. The van der Waals surface area contributed by atoms with Gasteiger partial charge in [-0.1, -0.05) is 18.9 Å². The van der Waals surface area contributed by atoms with Gasteiger partial charge in [0.15, 0.2) is 0 Å². The molecule has 1 aliphatic heterocycles. The van der Waals surface area contributed by atoms with Crippen molar-refractivity contribution >= 4 is 17.8 Å². The summed E-state index contributed by atoms with van der Waals surface area (Å²) < 4.78 is 7.92. The maximum absolute atomic E-state index is 4.63. The molecule has 0 radical (unpaired) electrons. The molecule has 2 nitrogen and oxygen atoms in total. The predicted octanol–water partition coefficient (Wildman–Crippen LogP) is 4.04. The molecule has 16 heavy (non-hydrogen) atoms. The molecular weight excluding hydrogens is 216 g/mol. The van der Waals surface area contributed by atoms with Gasteiger partial charge in [-0.05, 0) is 50.5 Å². The van der Waals surface area contributed by atoms with Crippen LogP contribution in [0.25, 0.3) is 0 Å². The molecule has 0 bridgehead atoms. The van der Waals surface area contributed by atoms with E-state index >= 15 is 0 Å². The van der Waals surface area contributed by atoms with Gasteiger partial charge in [0, 0.05) is 6.54 Å². The van der Waals surface area contributed by atoms with Gasteiger partial charge < -0.3 is 0 Å². The van der Waals surface area contributed by atoms with Crippen LogP contribution in [-0.4, -0.2) is 12.3 Å². The minimum absolute atomic E-state index is 1.10. The van der Waals surface area contributed by atoms with Gasteiger partial charge >= 0.3 is 0 Å². The highest BCUT2D eigenvalue weighted by molar-refractivity contribution is 7.96. The monoisotopic (exact) mass is 238 g/mol. The van der Waals surface area contributed by atoms with Crippen molar-refractivity contribution in [2.24, 2.45) is 4.40 Å². The van der Waals surface area contributed by atoms with Gasteiger partial charge in [0.25, 0.3) is 0 Å². The third-order valence-electron chi connectivity index (χ3n) is 3.32. The molecule has 0 saturated heterocycles. The summed E-state index contributed by atoms with van der Waals surface area (Å²) >= 11 is 1.54. The van der Waals surface area contributed by atoms with Crippen LogP contribution in [0.1, 0.15) is 57.8 Å². The van der Waals surface area contributed by atoms with E-state index in [1.807, 2.05) is 0 Å². The Morgan fingerprint density at radius 1 is 1.00 bits per heavy atom. The van der Waals surface area contributed by atoms with E-state index in [0.29, 0.717) is 0 Å². The third kappa shape index (κ3) is 3.95. The number of hydrogen-bond acceptors (Lipinski definition) is 3. The topological polar surface area (TPSA) is 24.4 Å². The summed E-state index contributed by atoms with van der Waals surface area (Å²) in [6.45, 7) is 1.10. The highest BCUT2D eigenvalue weighted by atomic mass is 32.2. The van der Waals surface area contributed by atoms with Crippen molar-refractivity contribution < 1.29 is 0 Å². The first-order chi connectivity index (χ1) is 7.97. The minimum atomic E-state index is 1.10. The van der Waals surface area contributed by atoms with Crippen molar-refractivity contribution in [1.29, 1.82) is 0 Å². The Morgan fingerprint density at radius 3 is 2.88 bits per heavy atom. The second kappa shape index (κ2) is 7.13. The average molecular weight is 238 g/mol. The smallest absolute Gasteiger partial charge is 0.0588 e. The fraction of sp³-hybridized carbons (Fsp3) is 0.769. The molecule has 3 heteroatoms. The van der Waals surface area contributed by atoms with Crippen LogP contribution in [0.2, 0.25) is 0 Å². The molecule has 0 spiro atoms. The molecule has 0 unspecified atom stereocenters. The molecule has 0 aromatic rings. The lowest BCUT2D eigenvalue weighted by molar-refractivity contribution is 0.630. The molecule has 2 aliphatic rings. The van der Waals surface area contributed by atoms with E-state index in [-0.39, 0.29) is 0 Å². The van der Waals surface area contributed by atoms with Crippen LogP contribution in [0.3, 0.4) is 0 Å². The Bertz CT molecular complexity index is 243. The zero-order chi connectivity index (χ0) is 11.1. The maximum Gasteiger partial charge on any atom is 0.0588 e. The van der Waals surface area contributed by atoms with Gasteiger partial charge in [-0.25, -0.2) is 9.12 Å². The molecule has 1 aliphatic carbocycles. The van der Waals surface area contributed by atoms with Crippen LogP contribution in [0, 0.1) is 0 Å². The van der Waals surface area contributed by atoms with Gasteiger partial charge in [0.2, 0.25) is 0 Å². The third-order valence-corrected chi connectivity index (χ3v) is 3.97. The zero-order valence-electron chi connectivity index (χ0n) is 10.0. The minimum Gasteiger partial charge on any atom is -0.244 e. The van der Waals surface area contributed by atoms with Crippen molar-refractivity contribution in [2.45, 2.75) is 57.8 Å². The predicted molar refractivity (Wildman–Crippen MR) is 72.7 cm³/mol. The highest BCUT2D eigenvalue weighted by Gasteiger charge is 2.10. The molecule has 0 fully saturated rings. The Hall–Kier alpha value is -0.280. The van der Waals surface area contributed by atoms with Crippen LogP contribution in [0.15, 0.2) is 16.0 Å². The van der Waals surface area contributed by atoms with Crippen LogP contribution in [-0.2, 0) is 0 Å². The highest BCUT2D eigenvalue weighted by Crippen LogP contribution is 2.22. The van der Waals surface area contributed by atoms with Gasteiger partial charge in [0.1, 0.15) is 0 Å². The number of nitrogens with zero attached hydrogens (tertiary/aromatic N) is 1. The summed E-state index contributed by atoms with van der Waals surface area (Å²) in [6.07, 6.45) is 14.2. The molecule has 90 valence electrons. The SMILES string of the molecule is C1=C(/C2=N\SNCCCC2)CCCCCC/1. The Morgan fingerprint density at radius 2 is 1.88 bits per heavy atom. The van der Waals surface area contributed by atoms with Crippen molar-refractivity contribution in [1.82, 2.24) is 4.72 Å². The average Bonchev–Trinajstić information content (AvgIpc) is 2.18. The van der Waals surface area contributed by atoms with E-state index in [0.717, 1.165) is 6.54 Å². The molecule has 0 amide bonds. The van der Waals surface area contributed by atoms with Crippen molar-refractivity contribution in [3.63, 3.8) is 0 Å². The lowest BCUT2D eigenvalue weighted by Crippen LogP contribution is -2.12. The van der Waals surface area contributed by atoms with E-state index in [1.165, 1.54) is 81.2 Å². The van der Waals surface area contributed by atoms with Crippen LogP contribution >= 0.6 is 12.1 Å². The van der Waals surface area contributed by atoms with E-state index < -0.39 is 0 Å². The second-order valence-corrected chi connectivity index (χ2v) is 5.32. The number of nitrogens with one attached hydrogen (secondary N) is 1. The van der Waals surface area contributed by atoms with Crippen LogP contribution in [0.5, 0.6) is 0 Å². The number of rotatable bonds is 1. The molecule has 0 aromatic carbocycles. The fourth-order valence-electron chi connectivity index (χ4n) is 2.34. The van der Waals surface area contributed by atoms with Crippen LogP contribution in [0.4, 0.5) is 0 Å². The summed E-state index contributed by atoms with van der Waals surface area (Å²) in [5.41, 5.74) is 2.90. The lowest BCUT2D eigenvalue weighted by Gasteiger charge is -2.15. The van der Waals surface area contributed by atoms with Gasteiger partial charge in [-0.15, -0.1) is 0 Å². The molecule has 1 heterocycles. The van der Waals surface area contributed by atoms with Crippen molar-refractivity contribution in [2.75, 3.05) is 6.54 Å². The van der Waals surface area contributed by atoms with Crippen molar-refractivity contribution in [3.8, 4) is 0 Å². The molecule has 0 saturated carbocycles. The van der Waals surface area contributed by atoms with Gasteiger partial charge in [0.05, 0.1) is 17.8 Å². The summed E-state index contributed by atoms with van der Waals surface area (Å²) in [5.74, 6) is 0. The zero-order valence-corrected chi connectivity index (χ0v) is 10.8. The van der Waals surface area contributed by atoms with E-state index in [1.54, 1.807) is 0 Å². The molecular formula is C13H22N2S. The number of hydrogen-bond donors (Lipinski definition) is 1. The van der Waals surface area contributed by atoms with E-state index in [4.69, 9.17) is 0 Å². The van der Waals surface area contributed by atoms with Gasteiger partial charge in [-0.2, -0.15) is 0 Å². The Balaban J connectivity index is 2.01. The molecule has 0 atom stereocenters. The maximum atomic E-state index is 4.63. The summed E-state index contributed by atoms with van der Waals surface area (Å²) in [7, 11) is 0. The largest absolute Gasteiger partial charge is 0.244 e. The quantitative estimate of drug-likeness (QED) is 0.697. The first-order valence-electron chi connectivity index (χ1n) is 6.62. The van der Waals surface area contributed by atoms with E-state index in [2.05, 4.69) is 15.2 Å². The molecule has 1 N–H and O–H groups in total. The van der Waals surface area contributed by atoms with Crippen molar-refractivity contribution in [3.05, 3.63) is 11.6 Å². The lowest BCUT2D eigenvalue weighted by atomic mass is 9.94. The molecule has 0 aromatic heterocycles. The Labute approximate surface area is 103 Å². The Kier molecular flexibility index (Phi) is 5.43. The summed E-state index contributed by atoms with van der Waals surface area (Å²) in [5, 5.41) is 0. The summed E-state index contributed by atoms with van der Waals surface area (Å²) in [6, 6.07) is 0.